The normalized spacial score (nSPS) is 16.6. The highest BCUT2D eigenvalue weighted by atomic mass is 28.3. The van der Waals surface area contributed by atoms with Gasteiger partial charge in [-0.3, -0.25) is 0 Å². The third kappa shape index (κ3) is 8.48. The number of nitrogens with zero attached hydrogens (tertiary/aromatic N) is 2. The van der Waals surface area contributed by atoms with Crippen LogP contribution in [-0.2, 0) is 5.41 Å². The van der Waals surface area contributed by atoms with Crippen LogP contribution >= 0.6 is 0 Å². The molecule has 0 saturated heterocycles. The molecule has 8 heteroatoms. The molecule has 0 amide bonds. The van der Waals surface area contributed by atoms with Crippen molar-refractivity contribution in [3.8, 4) is 73.6 Å². The average molecular weight is 1420 g/mol. The van der Waals surface area contributed by atoms with Crippen molar-refractivity contribution < 1.29 is 14.2 Å². The van der Waals surface area contributed by atoms with Crippen LogP contribution in [0.5, 0.6) is 34.5 Å². The van der Waals surface area contributed by atoms with E-state index in [0.29, 0.717) is 0 Å². The van der Waals surface area contributed by atoms with E-state index in [0.717, 1.165) is 62.4 Å². The highest BCUT2D eigenvalue weighted by Gasteiger charge is 2.54. The third-order valence-electron chi connectivity index (χ3n) is 24.1. The second-order valence-electron chi connectivity index (χ2n) is 29.6. The molecule has 0 fully saturated rings. The number of ether oxygens (including phenoxy) is 3. The molecule has 22 rings (SSSR count). The van der Waals surface area contributed by atoms with E-state index in [4.69, 9.17) is 14.2 Å². The lowest BCUT2D eigenvalue weighted by atomic mass is 9.78. The topological polar surface area (TPSA) is 37.6 Å². The lowest BCUT2D eigenvalue weighted by molar-refractivity contribution is 0.487. The van der Waals surface area contributed by atoms with E-state index in [2.05, 4.69) is 399 Å². The van der Waals surface area contributed by atoms with Gasteiger partial charge >= 0.3 is 0 Å². The number of fused-ring (bicyclic) bond motifs is 15. The van der Waals surface area contributed by atoms with Crippen molar-refractivity contribution in [2.45, 2.75) is 19.3 Å². The molecular formula is C99H68N2O3Si3. The van der Waals surface area contributed by atoms with Crippen molar-refractivity contribution in [1.29, 1.82) is 0 Å². The van der Waals surface area contributed by atoms with Gasteiger partial charge in [-0.05, 0) is 147 Å². The summed E-state index contributed by atoms with van der Waals surface area (Å²) in [5, 5.41) is 18.7. The SMILES string of the molecule is CC1(C)c2cc([Si]3(c4ccccc4)c4ccccc4Oc4ccccc43)ccc2-c2cccc(-c3cccc4c3Oc3ccccc3[Si]4(c3ccccc3)n3c4ccccc4c4cc(-c5cccc6c5Oc5ccccc5[Si]6(c5ccccc5)c5ccc6c(c5)c5ccccc5n6-c5ccccc5)ccc43)c21. The van der Waals surface area contributed by atoms with E-state index in [1.54, 1.807) is 0 Å². The maximum Gasteiger partial charge on any atom is 0.265 e. The number of para-hydroxylation sites is 9. The number of benzene rings is 16. The van der Waals surface area contributed by atoms with E-state index < -0.39 is 29.8 Å². The Hall–Kier alpha value is -12.8. The molecule has 1 aliphatic carbocycles. The summed E-state index contributed by atoms with van der Waals surface area (Å²) < 4.78 is 27.2. The van der Waals surface area contributed by atoms with E-state index in [1.807, 2.05) is 0 Å². The van der Waals surface area contributed by atoms with Crippen LogP contribution < -0.4 is 71.3 Å². The van der Waals surface area contributed by atoms with Crippen LogP contribution in [0.1, 0.15) is 25.0 Å². The van der Waals surface area contributed by atoms with E-state index in [-0.39, 0.29) is 0 Å². The maximum absolute atomic E-state index is 7.69. The Morgan fingerprint density at radius 2 is 0.682 bits per heavy atom. The summed E-state index contributed by atoms with van der Waals surface area (Å²) >= 11 is 0. The first kappa shape index (κ1) is 61.6. The summed E-state index contributed by atoms with van der Waals surface area (Å²) in [4.78, 5) is 0. The van der Waals surface area contributed by atoms with Gasteiger partial charge in [0, 0.05) is 65.2 Å². The molecular weight excluding hydrogens is 1350 g/mol. The molecule has 2 atom stereocenters. The minimum Gasteiger partial charge on any atom is -0.458 e. The molecule has 0 spiro atoms. The Morgan fingerprint density at radius 1 is 0.262 bits per heavy atom. The van der Waals surface area contributed by atoms with Crippen LogP contribution in [0.15, 0.2) is 376 Å². The van der Waals surface area contributed by atoms with Crippen molar-refractivity contribution in [3.63, 3.8) is 0 Å². The molecule has 107 heavy (non-hydrogen) atoms. The third-order valence-corrected chi connectivity index (χ3v) is 38.4. The van der Waals surface area contributed by atoms with Crippen LogP contribution in [0.3, 0.4) is 0 Å². The molecule has 5 heterocycles. The molecule has 5 nitrogen and oxygen atoms in total. The monoisotopic (exact) mass is 1420 g/mol. The second kappa shape index (κ2) is 23.3. The summed E-state index contributed by atoms with van der Waals surface area (Å²) in [5.41, 5.74) is 14.9. The van der Waals surface area contributed by atoms with Crippen LogP contribution in [-0.4, -0.2) is 33.2 Å². The molecule has 2 aromatic heterocycles. The molecule has 4 aliphatic rings. The van der Waals surface area contributed by atoms with Crippen molar-refractivity contribution in [1.82, 2.24) is 8.80 Å². The Bertz CT molecular complexity index is 6680. The van der Waals surface area contributed by atoms with Crippen LogP contribution in [0, 0.1) is 0 Å². The van der Waals surface area contributed by atoms with Crippen LogP contribution in [0.4, 0.5) is 0 Å². The zero-order valence-electron chi connectivity index (χ0n) is 58.9. The van der Waals surface area contributed by atoms with Crippen molar-refractivity contribution in [2.75, 3.05) is 0 Å². The maximum atomic E-state index is 7.69. The van der Waals surface area contributed by atoms with Gasteiger partial charge in [0.2, 0.25) is 0 Å². The minimum absolute atomic E-state index is 0.432. The van der Waals surface area contributed by atoms with Gasteiger partial charge in [0.25, 0.3) is 8.24 Å². The Kier molecular flexibility index (Phi) is 13.4. The quantitative estimate of drug-likeness (QED) is 0.135. The van der Waals surface area contributed by atoms with Crippen molar-refractivity contribution in [3.05, 3.63) is 387 Å². The first-order valence-electron chi connectivity index (χ1n) is 37.1. The molecule has 0 bridgehead atoms. The number of hydrogen-bond donors (Lipinski definition) is 0. The van der Waals surface area contributed by atoms with Gasteiger partial charge in [-0.2, -0.15) is 0 Å². The van der Waals surface area contributed by atoms with Gasteiger partial charge in [-0.1, -0.05) is 323 Å². The fourth-order valence-corrected chi connectivity index (χ4v) is 34.8. The number of hydrogen-bond acceptors (Lipinski definition) is 3. The lowest BCUT2D eigenvalue weighted by Gasteiger charge is -2.41. The van der Waals surface area contributed by atoms with Crippen LogP contribution in [0.25, 0.3) is 82.7 Å². The van der Waals surface area contributed by atoms with Crippen molar-refractivity contribution >= 4 is 125 Å². The fourth-order valence-electron chi connectivity index (χ4n) is 19.8. The highest BCUT2D eigenvalue weighted by Crippen LogP contribution is 2.54. The van der Waals surface area contributed by atoms with E-state index >= 15 is 0 Å². The summed E-state index contributed by atoms with van der Waals surface area (Å²) in [6.45, 7) is 4.89. The molecule has 16 aromatic carbocycles. The van der Waals surface area contributed by atoms with Gasteiger partial charge in [-0.15, -0.1) is 0 Å². The molecule has 18 aromatic rings. The molecule has 504 valence electrons. The second-order valence-corrected chi connectivity index (χ2v) is 40.6. The lowest BCUT2D eigenvalue weighted by Crippen LogP contribution is -2.76. The smallest absolute Gasteiger partial charge is 0.265 e. The summed E-state index contributed by atoms with van der Waals surface area (Å²) in [6, 6.07) is 141. The summed E-state index contributed by atoms with van der Waals surface area (Å²) in [6.07, 6.45) is 0. The standard InChI is InChI=1S/C99H68N2O3Si3/c1-99(2)81-64-71(105(67-32-9-4-10-33-67)90-50-23-19-46-86(90)102-87-47-20-24-51-91(87)105)57-59-73(81)76-41-27-42-77(96(76)99)78-43-29-55-95-98(78)104-89-49-22-26-53-93(89)107(95,69-36-13-6-14-37-69)101-84-45-18-16-39-75(84)79-62-65(56-60-85(79)101)72-40-28-54-94-97(72)103-88-48-21-25-52-92(88)106(94,68-34-11-5-12-35-68)70-58-61-83-80(63-70)74-38-15-17-44-82(74)100(83)66-30-7-3-8-31-66/h3-64H,1-2H3. The van der Waals surface area contributed by atoms with Crippen molar-refractivity contribution in [2.24, 2.45) is 0 Å². The molecule has 2 unspecified atom stereocenters. The molecule has 0 N–H and O–H groups in total. The van der Waals surface area contributed by atoms with Crippen LogP contribution in [0.2, 0.25) is 0 Å². The zero-order chi connectivity index (χ0) is 70.7. The Morgan fingerprint density at radius 3 is 1.34 bits per heavy atom. The Labute approximate surface area is 623 Å². The largest absolute Gasteiger partial charge is 0.458 e. The predicted molar refractivity (Wildman–Crippen MR) is 449 cm³/mol. The number of rotatable bonds is 9. The first-order valence-corrected chi connectivity index (χ1v) is 43.1. The van der Waals surface area contributed by atoms with E-state index in [9.17, 15) is 0 Å². The molecule has 3 aliphatic heterocycles. The van der Waals surface area contributed by atoms with Gasteiger partial charge in [-0.25, -0.2) is 0 Å². The highest BCUT2D eigenvalue weighted by molar-refractivity contribution is 7.21. The van der Waals surface area contributed by atoms with E-state index in [1.165, 1.54) is 123 Å². The molecule has 0 radical (unpaired) electrons. The van der Waals surface area contributed by atoms with Gasteiger partial charge in [0.15, 0.2) is 16.1 Å². The van der Waals surface area contributed by atoms with Gasteiger partial charge in [0.05, 0.1) is 11.0 Å². The summed E-state index contributed by atoms with van der Waals surface area (Å²) in [5.74, 6) is 5.43. The summed E-state index contributed by atoms with van der Waals surface area (Å²) in [7, 11) is -9.67. The Balaban J connectivity index is 0.733. The first-order chi connectivity index (χ1) is 52.8. The zero-order valence-corrected chi connectivity index (χ0v) is 61.9. The average Bonchev–Trinajstić information content (AvgIpc) is 1.67. The number of aromatic nitrogens is 2. The molecule has 0 saturated carbocycles. The van der Waals surface area contributed by atoms with Gasteiger partial charge < -0.3 is 23.0 Å². The minimum atomic E-state index is -3.51. The fraction of sp³-hybridized carbons (Fsp3) is 0.0303. The predicted octanol–water partition coefficient (Wildman–Crippen LogP) is 17.1. The van der Waals surface area contributed by atoms with Gasteiger partial charge in [0.1, 0.15) is 34.5 Å².